The number of anilines is 1. The lowest BCUT2D eigenvalue weighted by Crippen LogP contribution is -2.18. The van der Waals surface area contributed by atoms with E-state index in [0.29, 0.717) is 22.5 Å². The first-order valence-corrected chi connectivity index (χ1v) is 6.87. The second kappa shape index (κ2) is 4.85. The third-order valence-corrected chi connectivity index (χ3v) is 4.46. The number of hydrogen-bond acceptors (Lipinski definition) is 3. The fourth-order valence-corrected chi connectivity index (χ4v) is 3.32. The van der Waals surface area contributed by atoms with Crippen LogP contribution in [0.5, 0.6) is 0 Å². The average Bonchev–Trinajstić information content (AvgIpc) is 2.99. The summed E-state index contributed by atoms with van der Waals surface area (Å²) in [4.78, 5) is 10.4. The Labute approximate surface area is 116 Å². The Morgan fingerprint density at radius 1 is 1.37 bits per heavy atom. The van der Waals surface area contributed by atoms with Crippen molar-refractivity contribution in [3.63, 3.8) is 0 Å². The minimum absolute atomic E-state index is 0.0692. The first kappa shape index (κ1) is 12.5. The lowest BCUT2D eigenvalue weighted by atomic mass is 9.93. The number of halogens is 1. The van der Waals surface area contributed by atoms with Crippen LogP contribution in [-0.4, -0.2) is 11.5 Å². The van der Waals surface area contributed by atoms with Crippen LogP contribution in [-0.2, 0) is 0 Å². The summed E-state index contributed by atoms with van der Waals surface area (Å²) in [5.41, 5.74) is 0.724. The molecule has 19 heavy (non-hydrogen) atoms. The Bertz CT molecular complexity index is 544. The highest BCUT2D eigenvalue weighted by Crippen LogP contribution is 2.43. The van der Waals surface area contributed by atoms with E-state index in [1.54, 1.807) is 6.07 Å². The number of fused-ring (bicyclic) bond motifs is 2. The quantitative estimate of drug-likeness (QED) is 0.517. The number of nitrogens with one attached hydrogen (secondary N) is 1. The number of rotatable bonds is 4. The molecule has 2 bridgehead atoms. The first-order chi connectivity index (χ1) is 9.13. The summed E-state index contributed by atoms with van der Waals surface area (Å²) in [5, 5.41) is 14.6. The van der Waals surface area contributed by atoms with Gasteiger partial charge < -0.3 is 5.32 Å². The summed E-state index contributed by atoms with van der Waals surface area (Å²) in [7, 11) is 0. The van der Waals surface area contributed by atoms with Crippen LogP contribution in [0.4, 0.5) is 11.4 Å². The molecule has 2 aliphatic carbocycles. The number of nitro benzene ring substituents is 1. The largest absolute Gasteiger partial charge is 0.383 e. The average molecular weight is 279 g/mol. The zero-order chi connectivity index (χ0) is 13.4. The van der Waals surface area contributed by atoms with Crippen LogP contribution < -0.4 is 5.32 Å². The molecule has 3 rings (SSSR count). The topological polar surface area (TPSA) is 55.2 Å². The Balaban J connectivity index is 1.68. The molecule has 3 unspecified atom stereocenters. The second-order valence-electron chi connectivity index (χ2n) is 5.34. The lowest BCUT2D eigenvalue weighted by Gasteiger charge is -2.19. The SMILES string of the molecule is O=[N+]([O-])c1ccc(Cl)c(NCC2CC3C=CC2C3)c1. The normalized spacial score (nSPS) is 27.7. The van der Waals surface area contributed by atoms with E-state index >= 15 is 0 Å². The van der Waals surface area contributed by atoms with Gasteiger partial charge in [-0.2, -0.15) is 0 Å². The van der Waals surface area contributed by atoms with Crippen molar-refractivity contribution in [3.8, 4) is 0 Å². The van der Waals surface area contributed by atoms with Gasteiger partial charge in [-0.3, -0.25) is 10.1 Å². The first-order valence-electron chi connectivity index (χ1n) is 6.49. The van der Waals surface area contributed by atoms with Crippen LogP contribution >= 0.6 is 11.6 Å². The van der Waals surface area contributed by atoms with E-state index in [-0.39, 0.29) is 5.69 Å². The monoisotopic (exact) mass is 278 g/mol. The fourth-order valence-electron chi connectivity index (χ4n) is 3.13. The van der Waals surface area contributed by atoms with Gasteiger partial charge in [0, 0.05) is 18.7 Å². The minimum Gasteiger partial charge on any atom is -0.383 e. The van der Waals surface area contributed by atoms with Gasteiger partial charge in [-0.15, -0.1) is 0 Å². The van der Waals surface area contributed by atoms with E-state index in [1.807, 2.05) is 0 Å². The molecule has 5 heteroatoms. The highest BCUT2D eigenvalue weighted by atomic mass is 35.5. The molecule has 1 aromatic rings. The van der Waals surface area contributed by atoms with E-state index in [0.717, 1.165) is 12.5 Å². The van der Waals surface area contributed by atoms with E-state index in [9.17, 15) is 10.1 Å². The standard InChI is InChI=1S/C14H15ClN2O2/c15-13-4-3-12(17(18)19)7-14(13)16-8-11-6-9-1-2-10(11)5-9/h1-4,7,9-11,16H,5-6,8H2. The van der Waals surface area contributed by atoms with Gasteiger partial charge in [0.05, 0.1) is 15.6 Å². The molecule has 0 spiro atoms. The van der Waals surface area contributed by atoms with Gasteiger partial charge in [-0.05, 0) is 36.7 Å². The van der Waals surface area contributed by atoms with Crippen molar-refractivity contribution in [2.75, 3.05) is 11.9 Å². The molecule has 0 aromatic heterocycles. The predicted molar refractivity (Wildman–Crippen MR) is 75.4 cm³/mol. The summed E-state index contributed by atoms with van der Waals surface area (Å²) in [6, 6.07) is 4.50. The molecule has 0 saturated heterocycles. The van der Waals surface area contributed by atoms with Gasteiger partial charge in [-0.25, -0.2) is 0 Å². The van der Waals surface area contributed by atoms with Crippen molar-refractivity contribution in [1.29, 1.82) is 0 Å². The van der Waals surface area contributed by atoms with E-state index in [1.165, 1.54) is 25.0 Å². The summed E-state index contributed by atoms with van der Waals surface area (Å²) < 4.78 is 0. The van der Waals surface area contributed by atoms with Gasteiger partial charge in [0.2, 0.25) is 0 Å². The molecule has 1 fully saturated rings. The van der Waals surface area contributed by atoms with E-state index in [2.05, 4.69) is 17.5 Å². The Hall–Kier alpha value is -1.55. The molecule has 0 aliphatic heterocycles. The van der Waals surface area contributed by atoms with Crippen molar-refractivity contribution in [2.24, 2.45) is 17.8 Å². The maximum absolute atomic E-state index is 10.8. The molecular weight excluding hydrogens is 264 g/mol. The van der Waals surface area contributed by atoms with Crippen LogP contribution in [0, 0.1) is 27.9 Å². The van der Waals surface area contributed by atoms with Gasteiger partial charge in [0.15, 0.2) is 0 Å². The maximum Gasteiger partial charge on any atom is 0.271 e. The molecule has 0 radical (unpaired) electrons. The molecule has 0 heterocycles. The molecule has 2 aliphatic rings. The smallest absolute Gasteiger partial charge is 0.271 e. The molecule has 100 valence electrons. The maximum atomic E-state index is 10.8. The zero-order valence-electron chi connectivity index (χ0n) is 10.4. The number of hydrogen-bond donors (Lipinski definition) is 1. The van der Waals surface area contributed by atoms with Crippen LogP contribution in [0.2, 0.25) is 5.02 Å². The van der Waals surface area contributed by atoms with Gasteiger partial charge in [0.25, 0.3) is 5.69 Å². The van der Waals surface area contributed by atoms with Crippen molar-refractivity contribution in [3.05, 3.63) is 45.5 Å². The number of nitro groups is 1. The predicted octanol–water partition coefficient (Wildman–Crippen LogP) is 3.87. The van der Waals surface area contributed by atoms with Crippen molar-refractivity contribution >= 4 is 23.0 Å². The fraction of sp³-hybridized carbons (Fsp3) is 0.429. The summed E-state index contributed by atoms with van der Waals surface area (Å²) in [5.74, 6) is 2.01. The van der Waals surface area contributed by atoms with Gasteiger partial charge >= 0.3 is 0 Å². The second-order valence-corrected chi connectivity index (χ2v) is 5.75. The van der Waals surface area contributed by atoms with E-state index in [4.69, 9.17) is 11.6 Å². The molecule has 3 atom stereocenters. The zero-order valence-corrected chi connectivity index (χ0v) is 11.1. The number of nitrogens with zero attached hydrogens (tertiary/aromatic N) is 1. The minimum atomic E-state index is -0.401. The van der Waals surface area contributed by atoms with Crippen LogP contribution in [0.3, 0.4) is 0 Å². The summed E-state index contributed by atoms with van der Waals surface area (Å²) in [6.07, 6.45) is 7.08. The third-order valence-electron chi connectivity index (χ3n) is 4.13. The third kappa shape index (κ3) is 2.45. The molecule has 0 amide bonds. The van der Waals surface area contributed by atoms with Crippen molar-refractivity contribution < 1.29 is 4.92 Å². The van der Waals surface area contributed by atoms with Crippen molar-refractivity contribution in [1.82, 2.24) is 0 Å². The van der Waals surface area contributed by atoms with Crippen LogP contribution in [0.15, 0.2) is 30.4 Å². The summed E-state index contributed by atoms with van der Waals surface area (Å²) in [6.45, 7) is 0.826. The lowest BCUT2D eigenvalue weighted by molar-refractivity contribution is -0.384. The molecule has 4 nitrogen and oxygen atoms in total. The van der Waals surface area contributed by atoms with Gasteiger partial charge in [0.1, 0.15) is 0 Å². The Morgan fingerprint density at radius 3 is 2.84 bits per heavy atom. The summed E-state index contributed by atoms with van der Waals surface area (Å²) >= 11 is 6.07. The number of allylic oxidation sites excluding steroid dienone is 2. The van der Waals surface area contributed by atoms with Crippen molar-refractivity contribution in [2.45, 2.75) is 12.8 Å². The Kier molecular flexibility index (Phi) is 3.19. The van der Waals surface area contributed by atoms with Crippen LogP contribution in [0.1, 0.15) is 12.8 Å². The molecule has 1 saturated carbocycles. The molecule has 1 N–H and O–H groups in total. The molecule has 1 aromatic carbocycles. The van der Waals surface area contributed by atoms with Gasteiger partial charge in [-0.1, -0.05) is 23.8 Å². The highest BCUT2D eigenvalue weighted by molar-refractivity contribution is 6.33. The number of non-ortho nitro benzene ring substituents is 1. The van der Waals surface area contributed by atoms with Crippen LogP contribution in [0.25, 0.3) is 0 Å². The van der Waals surface area contributed by atoms with E-state index < -0.39 is 4.92 Å². The highest BCUT2D eigenvalue weighted by Gasteiger charge is 2.35. The number of benzene rings is 1. The Morgan fingerprint density at radius 2 is 2.21 bits per heavy atom. The molecular formula is C14H15ClN2O2.